The molecule has 0 radical (unpaired) electrons. The lowest BCUT2D eigenvalue weighted by atomic mass is 9.88. The summed E-state index contributed by atoms with van der Waals surface area (Å²) in [7, 11) is 0. The smallest absolute Gasteiger partial charge is 0.303 e. The first-order chi connectivity index (χ1) is 16.1. The average Bonchev–Trinajstić information content (AvgIpc) is 2.80. The number of hydrogen-bond acceptors (Lipinski definition) is 2. The summed E-state index contributed by atoms with van der Waals surface area (Å²) in [5.41, 5.74) is 1.40. The molecule has 1 aromatic rings. The molecule has 0 aliphatic rings. The number of benzene rings is 1. The Hall–Kier alpha value is -1.51. The number of rotatable bonds is 23. The molecule has 0 bridgehead atoms. The Morgan fingerprint density at radius 1 is 0.636 bits per heavy atom. The Labute approximate surface area is 204 Å². The summed E-state index contributed by atoms with van der Waals surface area (Å²) in [6.07, 6.45) is 26.1. The van der Waals surface area contributed by atoms with Crippen LogP contribution in [0.4, 0.5) is 0 Å². The molecule has 0 saturated heterocycles. The minimum atomic E-state index is -0.665. The van der Waals surface area contributed by atoms with Crippen LogP contribution in [0, 0.1) is 0 Å². The van der Waals surface area contributed by atoms with Crippen molar-refractivity contribution in [1.29, 1.82) is 0 Å². The van der Waals surface area contributed by atoms with Crippen LogP contribution in [-0.4, -0.2) is 16.2 Å². The Bertz CT molecular complexity index is 566. The van der Waals surface area contributed by atoms with E-state index in [0.717, 1.165) is 12.8 Å². The highest BCUT2D eigenvalue weighted by Gasteiger charge is 2.11. The highest BCUT2D eigenvalue weighted by atomic mass is 16.4. The van der Waals surface area contributed by atoms with Gasteiger partial charge >= 0.3 is 5.97 Å². The highest BCUT2D eigenvalue weighted by molar-refractivity contribution is 5.66. The van der Waals surface area contributed by atoms with Crippen molar-refractivity contribution in [3.63, 3.8) is 0 Å². The third kappa shape index (κ3) is 17.6. The minimum absolute atomic E-state index is 0.326. The van der Waals surface area contributed by atoms with Gasteiger partial charge in [-0.3, -0.25) is 4.79 Å². The zero-order valence-corrected chi connectivity index (χ0v) is 21.5. The maximum absolute atomic E-state index is 10.5. The summed E-state index contributed by atoms with van der Waals surface area (Å²) in [4.78, 5) is 10.5. The number of phenols is 1. The Morgan fingerprint density at radius 2 is 1.03 bits per heavy atom. The third-order valence-corrected chi connectivity index (χ3v) is 6.96. The average molecular weight is 461 g/mol. The van der Waals surface area contributed by atoms with Crippen molar-refractivity contribution in [1.82, 2.24) is 0 Å². The van der Waals surface area contributed by atoms with E-state index in [1.807, 2.05) is 12.1 Å². The summed E-state index contributed by atoms with van der Waals surface area (Å²) in [6, 6.07) is 7.95. The van der Waals surface area contributed by atoms with Crippen molar-refractivity contribution in [3.8, 4) is 5.75 Å². The van der Waals surface area contributed by atoms with E-state index in [0.29, 0.717) is 18.1 Å². The summed E-state index contributed by atoms with van der Waals surface area (Å²) < 4.78 is 0. The molecule has 0 fully saturated rings. The normalized spacial score (nSPS) is 12.2. The van der Waals surface area contributed by atoms with Gasteiger partial charge in [-0.2, -0.15) is 0 Å². The lowest BCUT2D eigenvalue weighted by molar-refractivity contribution is -0.137. The molecule has 0 spiro atoms. The topological polar surface area (TPSA) is 57.5 Å². The standard InChI is InChI=1S/C30H52O3/c1-2-3-4-5-11-14-17-20-27(28-23-25-29(31)26-24-28)21-18-15-12-9-7-6-8-10-13-16-19-22-30(32)33/h23-27,31H,2-22H2,1H3,(H,32,33). The van der Waals surface area contributed by atoms with E-state index in [1.165, 1.54) is 121 Å². The van der Waals surface area contributed by atoms with E-state index >= 15 is 0 Å². The number of carbonyl (C=O) groups is 1. The van der Waals surface area contributed by atoms with Crippen LogP contribution in [0.2, 0.25) is 0 Å². The molecule has 1 rings (SSSR count). The van der Waals surface area contributed by atoms with Crippen LogP contribution >= 0.6 is 0 Å². The molecule has 3 nitrogen and oxygen atoms in total. The van der Waals surface area contributed by atoms with Gasteiger partial charge in [0.05, 0.1) is 0 Å². The van der Waals surface area contributed by atoms with E-state index in [2.05, 4.69) is 19.1 Å². The summed E-state index contributed by atoms with van der Waals surface area (Å²) in [6.45, 7) is 2.28. The number of hydrogen-bond donors (Lipinski definition) is 2. The molecule has 33 heavy (non-hydrogen) atoms. The zero-order valence-electron chi connectivity index (χ0n) is 21.5. The van der Waals surface area contributed by atoms with Gasteiger partial charge in [0.15, 0.2) is 0 Å². The molecule has 0 aromatic heterocycles. The van der Waals surface area contributed by atoms with Crippen molar-refractivity contribution in [2.24, 2.45) is 0 Å². The fourth-order valence-electron chi connectivity index (χ4n) is 4.83. The monoisotopic (exact) mass is 460 g/mol. The van der Waals surface area contributed by atoms with Crippen molar-refractivity contribution < 1.29 is 15.0 Å². The second-order valence-electron chi connectivity index (χ2n) is 10.0. The largest absolute Gasteiger partial charge is 0.508 e. The maximum Gasteiger partial charge on any atom is 0.303 e. The van der Waals surface area contributed by atoms with E-state index in [4.69, 9.17) is 5.11 Å². The number of aliphatic carboxylic acids is 1. The fourth-order valence-corrected chi connectivity index (χ4v) is 4.83. The first-order valence-electron chi connectivity index (χ1n) is 14.1. The molecule has 0 heterocycles. The second-order valence-corrected chi connectivity index (χ2v) is 10.0. The van der Waals surface area contributed by atoms with Crippen molar-refractivity contribution in [2.75, 3.05) is 0 Å². The Balaban J connectivity index is 2.11. The molecule has 3 heteroatoms. The lowest BCUT2D eigenvalue weighted by Gasteiger charge is -2.18. The highest BCUT2D eigenvalue weighted by Crippen LogP contribution is 2.30. The maximum atomic E-state index is 10.5. The van der Waals surface area contributed by atoms with Crippen LogP contribution < -0.4 is 0 Å². The molecule has 190 valence electrons. The first-order valence-corrected chi connectivity index (χ1v) is 14.1. The van der Waals surface area contributed by atoms with Crippen molar-refractivity contribution in [3.05, 3.63) is 29.8 Å². The SMILES string of the molecule is CCCCCCCCCC(CCCCCCCCCCCCCC(=O)O)c1ccc(O)cc1. The summed E-state index contributed by atoms with van der Waals surface area (Å²) in [5.74, 6) is 0.346. The number of phenolic OH excluding ortho intramolecular Hbond substituents is 1. The minimum Gasteiger partial charge on any atom is -0.508 e. The number of unbranched alkanes of at least 4 members (excludes halogenated alkanes) is 16. The first kappa shape index (κ1) is 29.5. The van der Waals surface area contributed by atoms with Gasteiger partial charge in [-0.05, 0) is 42.9 Å². The molecule has 2 N–H and O–H groups in total. The lowest BCUT2D eigenvalue weighted by Crippen LogP contribution is -2.00. The fraction of sp³-hybridized carbons (Fsp3) is 0.767. The quantitative estimate of drug-likeness (QED) is 0.160. The van der Waals surface area contributed by atoms with Gasteiger partial charge in [0.25, 0.3) is 0 Å². The molecule has 0 aliphatic carbocycles. The van der Waals surface area contributed by atoms with Gasteiger partial charge in [-0.25, -0.2) is 0 Å². The van der Waals surface area contributed by atoms with Crippen LogP contribution in [0.25, 0.3) is 0 Å². The molecule has 0 amide bonds. The number of carboxylic acids is 1. The van der Waals surface area contributed by atoms with Crippen LogP contribution in [0.3, 0.4) is 0 Å². The Kier molecular flexibility index (Phi) is 18.8. The number of carboxylic acid groups (broad SMARTS) is 1. The molecule has 1 aromatic carbocycles. The molecule has 1 atom stereocenters. The van der Waals surface area contributed by atoms with Gasteiger partial charge in [0.1, 0.15) is 5.75 Å². The third-order valence-electron chi connectivity index (χ3n) is 6.96. The van der Waals surface area contributed by atoms with E-state index in [-0.39, 0.29) is 0 Å². The second kappa shape index (κ2) is 21.1. The molecule has 1 unspecified atom stereocenters. The van der Waals surface area contributed by atoms with E-state index in [1.54, 1.807) is 0 Å². The van der Waals surface area contributed by atoms with Gasteiger partial charge in [-0.15, -0.1) is 0 Å². The van der Waals surface area contributed by atoms with Crippen LogP contribution in [0.1, 0.15) is 153 Å². The Morgan fingerprint density at radius 3 is 1.45 bits per heavy atom. The van der Waals surface area contributed by atoms with Gasteiger partial charge in [0, 0.05) is 6.42 Å². The van der Waals surface area contributed by atoms with E-state index in [9.17, 15) is 9.90 Å². The van der Waals surface area contributed by atoms with Crippen LogP contribution in [-0.2, 0) is 4.79 Å². The summed E-state index contributed by atoms with van der Waals surface area (Å²) >= 11 is 0. The van der Waals surface area contributed by atoms with Crippen LogP contribution in [0.5, 0.6) is 5.75 Å². The molecule has 0 saturated carbocycles. The predicted molar refractivity (Wildman–Crippen MR) is 141 cm³/mol. The molecular formula is C30H52O3. The van der Waals surface area contributed by atoms with Gasteiger partial charge in [0.2, 0.25) is 0 Å². The molecule has 0 aliphatic heterocycles. The number of aromatic hydroxyl groups is 1. The van der Waals surface area contributed by atoms with Gasteiger partial charge in [-0.1, -0.05) is 128 Å². The van der Waals surface area contributed by atoms with Crippen molar-refractivity contribution >= 4 is 5.97 Å². The van der Waals surface area contributed by atoms with Crippen LogP contribution in [0.15, 0.2) is 24.3 Å². The molecular weight excluding hydrogens is 408 g/mol. The van der Waals surface area contributed by atoms with Gasteiger partial charge < -0.3 is 10.2 Å². The van der Waals surface area contributed by atoms with Crippen molar-refractivity contribution in [2.45, 2.75) is 148 Å². The predicted octanol–water partition coefficient (Wildman–Crippen LogP) is 9.77. The van der Waals surface area contributed by atoms with E-state index < -0.39 is 5.97 Å². The zero-order chi connectivity index (χ0) is 24.0. The summed E-state index contributed by atoms with van der Waals surface area (Å²) in [5, 5.41) is 18.3.